The van der Waals surface area contributed by atoms with Crippen molar-refractivity contribution in [3.63, 3.8) is 0 Å². The van der Waals surface area contributed by atoms with Crippen LogP contribution in [0.3, 0.4) is 0 Å². The van der Waals surface area contributed by atoms with Crippen molar-refractivity contribution in [2.75, 3.05) is 6.61 Å². The van der Waals surface area contributed by atoms with Gasteiger partial charge in [-0.15, -0.1) is 0 Å². The van der Waals surface area contributed by atoms with Gasteiger partial charge < -0.3 is 5.11 Å². The average Bonchev–Trinajstić information content (AvgIpc) is 3.58. The molecule has 11 nitrogen and oxygen atoms in total. The molecule has 3 N–H and O–H groups in total. The van der Waals surface area contributed by atoms with E-state index in [2.05, 4.69) is 33.0 Å². The number of aliphatic hydroxyl groups excluding tert-OH is 1. The number of aryl methyl sites for hydroxylation is 2. The summed E-state index contributed by atoms with van der Waals surface area (Å²) in [7, 11) is 0. The first-order chi connectivity index (χ1) is 19.8. The van der Waals surface area contributed by atoms with Gasteiger partial charge in [-0.3, -0.25) is 15.1 Å². The molecule has 0 saturated heterocycles. The maximum atomic E-state index is 14.1. The number of hydrogen-bond donors (Lipinski definition) is 3. The van der Waals surface area contributed by atoms with Gasteiger partial charge in [0.1, 0.15) is 5.82 Å². The molecule has 4 aromatic rings. The number of nitrogens with zero attached hydrogens (tertiary/aromatic N) is 5. The Morgan fingerprint density at radius 3 is 2.51 bits per heavy atom. The number of rotatable bonds is 10. The lowest BCUT2D eigenvalue weighted by atomic mass is 9.96. The fraction of sp³-hybridized carbons (Fsp3) is 0.333. The molecule has 11 heteroatoms. The summed E-state index contributed by atoms with van der Waals surface area (Å²) < 4.78 is 3.43. The van der Waals surface area contributed by atoms with Gasteiger partial charge in [0.2, 0.25) is 5.78 Å². The molecule has 1 aliphatic rings. The van der Waals surface area contributed by atoms with Gasteiger partial charge in [0.25, 0.3) is 12.0 Å². The highest BCUT2D eigenvalue weighted by atomic mass is 16.7. The maximum Gasteiger partial charge on any atom is 0.280 e. The summed E-state index contributed by atoms with van der Waals surface area (Å²) in [5.41, 5.74) is 12.1. The van der Waals surface area contributed by atoms with Crippen LogP contribution in [0.5, 0.6) is 0 Å². The number of hydrogen-bond acceptors (Lipinski definition) is 9. The second-order valence-electron chi connectivity index (χ2n) is 9.88. The van der Waals surface area contributed by atoms with Crippen LogP contribution in [0, 0.1) is 6.92 Å². The summed E-state index contributed by atoms with van der Waals surface area (Å²) >= 11 is 0. The van der Waals surface area contributed by atoms with Gasteiger partial charge in [0.15, 0.2) is 5.84 Å². The molecule has 1 atom stereocenters. The molecular formula is C30H35N7O4. The van der Waals surface area contributed by atoms with Crippen molar-refractivity contribution in [3.8, 4) is 11.1 Å². The Kier molecular flexibility index (Phi) is 8.29. The summed E-state index contributed by atoms with van der Waals surface area (Å²) in [4.78, 5) is 33.2. The van der Waals surface area contributed by atoms with Gasteiger partial charge >= 0.3 is 0 Å². The summed E-state index contributed by atoms with van der Waals surface area (Å²) in [5, 5.41) is 14.3. The van der Waals surface area contributed by atoms with E-state index in [4.69, 9.17) is 9.68 Å². The lowest BCUT2D eigenvalue weighted by Gasteiger charge is -2.17. The van der Waals surface area contributed by atoms with Crippen molar-refractivity contribution in [1.82, 2.24) is 30.1 Å². The van der Waals surface area contributed by atoms with E-state index in [9.17, 15) is 9.90 Å². The lowest BCUT2D eigenvalue weighted by Crippen LogP contribution is -2.30. The number of allylic oxidation sites excluding steroid dienone is 2. The maximum absolute atomic E-state index is 14.1. The summed E-state index contributed by atoms with van der Waals surface area (Å²) in [6.45, 7) is 10.0. The lowest BCUT2D eigenvalue weighted by molar-refractivity contribution is -0.102. The molecule has 3 heterocycles. The van der Waals surface area contributed by atoms with Crippen LogP contribution in [-0.2, 0) is 22.5 Å². The molecule has 0 amide bonds. The Bertz CT molecular complexity index is 1690. The van der Waals surface area contributed by atoms with Crippen LogP contribution in [0.15, 0.2) is 64.0 Å². The first-order valence-corrected chi connectivity index (χ1v) is 13.7. The van der Waals surface area contributed by atoms with Crippen molar-refractivity contribution >= 4 is 17.3 Å². The summed E-state index contributed by atoms with van der Waals surface area (Å²) in [6.07, 6.45) is 0.754. The number of aromatic nitrogens is 4. The number of aliphatic imine (C=N–C) groups is 1. The first kappa shape index (κ1) is 28.2. The molecule has 41 heavy (non-hydrogen) atoms. The van der Waals surface area contributed by atoms with Gasteiger partial charge in [-0.05, 0) is 50.8 Å². The fourth-order valence-corrected chi connectivity index (χ4v) is 4.95. The standard InChI is InChI=1S/C30H35N7O4/c1-6-10-26-25(28(38)36(19(4)18(3)34-40-7-2)29-31-20(5)33-37(26)29)17-21-13-15-22(16-14-21)23-11-8-9-12-24(23)27-32-30(39)41-35-27/h8-9,11-16,30,34,39H,6-7,10,17H2,1-5H3,(H,32,35)/b19-18-. The topological polar surface area (TPSA) is 127 Å². The quantitative estimate of drug-likeness (QED) is 0.252. The number of amidine groups is 1. The van der Waals surface area contributed by atoms with Crippen molar-refractivity contribution in [2.24, 2.45) is 4.99 Å². The van der Waals surface area contributed by atoms with E-state index < -0.39 is 6.41 Å². The summed E-state index contributed by atoms with van der Waals surface area (Å²) in [6, 6.07) is 15.9. The minimum absolute atomic E-state index is 0.123. The molecule has 0 radical (unpaired) electrons. The van der Waals surface area contributed by atoms with Crippen LogP contribution in [0.1, 0.15) is 62.3 Å². The first-order valence-electron chi connectivity index (χ1n) is 13.7. The van der Waals surface area contributed by atoms with E-state index in [-0.39, 0.29) is 5.56 Å². The molecule has 0 saturated carbocycles. The van der Waals surface area contributed by atoms with E-state index in [0.717, 1.165) is 34.4 Å². The third-order valence-corrected chi connectivity index (χ3v) is 7.02. The molecule has 5 rings (SSSR count). The second kappa shape index (κ2) is 12.0. The van der Waals surface area contributed by atoms with E-state index in [1.54, 1.807) is 4.57 Å². The zero-order chi connectivity index (χ0) is 29.1. The van der Waals surface area contributed by atoms with E-state index in [1.165, 1.54) is 0 Å². The molecule has 0 bridgehead atoms. The Balaban J connectivity index is 1.57. The minimum atomic E-state index is -1.23. The molecular weight excluding hydrogens is 522 g/mol. The Morgan fingerprint density at radius 1 is 1.12 bits per heavy atom. The largest absolute Gasteiger partial charge is 0.348 e. The van der Waals surface area contributed by atoms with Gasteiger partial charge in [-0.2, -0.15) is 10.1 Å². The van der Waals surface area contributed by atoms with Crippen molar-refractivity contribution < 1.29 is 14.8 Å². The Hall–Kier alpha value is -4.32. The SMILES string of the molecule is CCCc1c(Cc2ccc(-c3ccccc3C3=NC(O)ON3)cc2)c(=O)n(/C(C)=C(/C)NOCC)c2nc(C)nn12. The molecule has 214 valence electrons. The fourth-order valence-electron chi connectivity index (χ4n) is 4.95. The predicted molar refractivity (Wildman–Crippen MR) is 157 cm³/mol. The number of nitrogens with one attached hydrogen (secondary N) is 2. The minimum Gasteiger partial charge on any atom is -0.348 e. The number of benzene rings is 2. The summed E-state index contributed by atoms with van der Waals surface area (Å²) in [5.74, 6) is 1.55. The zero-order valence-corrected chi connectivity index (χ0v) is 23.9. The van der Waals surface area contributed by atoms with Crippen molar-refractivity contribution in [1.29, 1.82) is 0 Å². The van der Waals surface area contributed by atoms with Crippen LogP contribution in [-0.4, -0.2) is 43.1 Å². The van der Waals surface area contributed by atoms with Gasteiger partial charge in [-0.25, -0.2) is 24.4 Å². The van der Waals surface area contributed by atoms with Crippen molar-refractivity contribution in [2.45, 2.75) is 60.3 Å². The number of aliphatic hydroxyl groups is 1. The van der Waals surface area contributed by atoms with Crippen LogP contribution >= 0.6 is 0 Å². The third kappa shape index (κ3) is 5.64. The van der Waals surface area contributed by atoms with Crippen LogP contribution < -0.4 is 16.5 Å². The monoisotopic (exact) mass is 557 g/mol. The predicted octanol–water partition coefficient (Wildman–Crippen LogP) is 3.72. The number of hydroxylamine groups is 2. The molecule has 0 fully saturated rings. The smallest absolute Gasteiger partial charge is 0.280 e. The molecule has 1 unspecified atom stereocenters. The highest BCUT2D eigenvalue weighted by Gasteiger charge is 2.22. The van der Waals surface area contributed by atoms with E-state index in [1.807, 2.05) is 80.7 Å². The van der Waals surface area contributed by atoms with Gasteiger partial charge in [0, 0.05) is 23.2 Å². The van der Waals surface area contributed by atoms with E-state index in [0.29, 0.717) is 53.8 Å². The van der Waals surface area contributed by atoms with Gasteiger partial charge in [-0.1, -0.05) is 61.9 Å². The molecule has 0 spiro atoms. The van der Waals surface area contributed by atoms with Crippen molar-refractivity contribution in [3.05, 3.63) is 92.8 Å². The second-order valence-corrected chi connectivity index (χ2v) is 9.88. The van der Waals surface area contributed by atoms with E-state index >= 15 is 0 Å². The van der Waals surface area contributed by atoms with Gasteiger partial charge in [0.05, 0.1) is 18.0 Å². The highest BCUT2D eigenvalue weighted by molar-refractivity contribution is 6.04. The average molecular weight is 558 g/mol. The normalized spacial score (nSPS) is 15.6. The Morgan fingerprint density at radius 2 is 1.85 bits per heavy atom. The zero-order valence-electron chi connectivity index (χ0n) is 23.9. The molecule has 0 aliphatic carbocycles. The molecule has 2 aromatic carbocycles. The highest BCUT2D eigenvalue weighted by Crippen LogP contribution is 2.26. The molecule has 2 aromatic heterocycles. The Labute approximate surface area is 238 Å². The molecule has 1 aliphatic heterocycles. The van der Waals surface area contributed by atoms with Crippen LogP contribution in [0.2, 0.25) is 0 Å². The third-order valence-electron chi connectivity index (χ3n) is 7.02. The van der Waals surface area contributed by atoms with Crippen LogP contribution in [0.4, 0.5) is 0 Å². The number of fused-ring (bicyclic) bond motifs is 1. The van der Waals surface area contributed by atoms with Crippen LogP contribution in [0.25, 0.3) is 22.6 Å².